The summed E-state index contributed by atoms with van der Waals surface area (Å²) >= 11 is 0. The van der Waals surface area contributed by atoms with Gasteiger partial charge in [0.1, 0.15) is 0 Å². The van der Waals surface area contributed by atoms with Crippen molar-refractivity contribution in [1.82, 2.24) is 19.9 Å². The highest BCUT2D eigenvalue weighted by Crippen LogP contribution is 2.06. The van der Waals surface area contributed by atoms with Gasteiger partial charge >= 0.3 is 0 Å². The number of para-hydroxylation sites is 4. The third-order valence-electron chi connectivity index (χ3n) is 2.66. The molecule has 4 rings (SSSR count). The molecule has 0 aliphatic carbocycles. The van der Waals surface area contributed by atoms with Crippen molar-refractivity contribution in [2.45, 2.75) is 0 Å². The summed E-state index contributed by atoms with van der Waals surface area (Å²) in [6, 6.07) is 15.9. The average molecular weight is 364 g/mol. The van der Waals surface area contributed by atoms with Gasteiger partial charge in [-0.3, -0.25) is 0 Å². The van der Waals surface area contributed by atoms with E-state index in [-0.39, 0.29) is 24.0 Å². The number of H-pyrrole nitrogens is 2. The Hall–Kier alpha value is -1.89. The highest BCUT2D eigenvalue weighted by atomic mass is 127. The van der Waals surface area contributed by atoms with Crippen molar-refractivity contribution >= 4 is 46.0 Å². The first kappa shape index (κ1) is 13.5. The number of aromatic nitrogens is 4. The average Bonchev–Trinajstić information content (AvgIpc) is 3.08. The third-order valence-corrected chi connectivity index (χ3v) is 2.66. The minimum atomic E-state index is 0. The molecule has 5 heteroatoms. The molecule has 0 spiro atoms. The normalized spacial score (nSPS) is 9.68. The van der Waals surface area contributed by atoms with E-state index in [0.717, 1.165) is 22.1 Å². The van der Waals surface area contributed by atoms with E-state index >= 15 is 0 Å². The van der Waals surface area contributed by atoms with E-state index < -0.39 is 0 Å². The molecule has 0 saturated heterocycles. The van der Waals surface area contributed by atoms with Crippen LogP contribution in [0.4, 0.5) is 0 Å². The molecule has 2 N–H and O–H groups in total. The Morgan fingerprint density at radius 3 is 1.47 bits per heavy atom. The maximum atomic E-state index is 4.06. The zero-order valence-electron chi connectivity index (χ0n) is 10.1. The van der Waals surface area contributed by atoms with Crippen molar-refractivity contribution < 1.29 is 0 Å². The summed E-state index contributed by atoms with van der Waals surface area (Å²) in [5, 5.41) is 0. The first-order valence-electron chi connectivity index (χ1n) is 5.70. The Morgan fingerprint density at radius 2 is 1.05 bits per heavy atom. The van der Waals surface area contributed by atoms with Crippen LogP contribution in [0.2, 0.25) is 0 Å². The number of imidazole rings is 2. The Balaban J connectivity index is 0.000000133. The van der Waals surface area contributed by atoms with Crippen LogP contribution in [-0.2, 0) is 0 Å². The monoisotopic (exact) mass is 364 g/mol. The molecule has 2 aromatic carbocycles. The molecule has 96 valence electrons. The van der Waals surface area contributed by atoms with Crippen LogP contribution in [0.3, 0.4) is 0 Å². The van der Waals surface area contributed by atoms with Crippen LogP contribution in [0.15, 0.2) is 61.2 Å². The van der Waals surface area contributed by atoms with Crippen LogP contribution in [0, 0.1) is 0 Å². The lowest BCUT2D eigenvalue weighted by atomic mass is 10.3. The molecule has 0 saturated carbocycles. The maximum absolute atomic E-state index is 4.06. The number of nitrogens with one attached hydrogen (secondary N) is 2. The second kappa shape index (κ2) is 6.33. The van der Waals surface area contributed by atoms with Gasteiger partial charge in [0.05, 0.1) is 34.7 Å². The van der Waals surface area contributed by atoms with E-state index in [2.05, 4.69) is 19.9 Å². The van der Waals surface area contributed by atoms with E-state index in [0.29, 0.717) is 0 Å². The van der Waals surface area contributed by atoms with Gasteiger partial charge in [0.15, 0.2) is 0 Å². The topological polar surface area (TPSA) is 57.4 Å². The Morgan fingerprint density at radius 1 is 0.632 bits per heavy atom. The van der Waals surface area contributed by atoms with Crippen molar-refractivity contribution in [3.8, 4) is 0 Å². The summed E-state index contributed by atoms with van der Waals surface area (Å²) < 4.78 is 0. The van der Waals surface area contributed by atoms with Crippen LogP contribution in [0.1, 0.15) is 0 Å². The molecule has 2 aromatic heterocycles. The second-order valence-corrected chi connectivity index (χ2v) is 3.84. The fourth-order valence-corrected chi connectivity index (χ4v) is 1.76. The molecular weight excluding hydrogens is 351 g/mol. The number of aromatic amines is 2. The quantitative estimate of drug-likeness (QED) is 0.467. The number of rotatable bonds is 0. The summed E-state index contributed by atoms with van der Waals surface area (Å²) in [4.78, 5) is 14.1. The van der Waals surface area contributed by atoms with E-state index in [1.54, 1.807) is 12.7 Å². The van der Waals surface area contributed by atoms with Crippen molar-refractivity contribution in [3.05, 3.63) is 61.2 Å². The van der Waals surface area contributed by atoms with Crippen molar-refractivity contribution in [3.63, 3.8) is 0 Å². The van der Waals surface area contributed by atoms with Crippen LogP contribution in [-0.4, -0.2) is 19.9 Å². The molecule has 4 nitrogen and oxygen atoms in total. The highest BCUT2D eigenvalue weighted by Gasteiger charge is 1.89. The standard InChI is InChI=1S/2C7H6N2.HI/c2*1-2-4-7-6(3-1)8-5-9-7;/h2*1-5H,(H,8,9);1H. The lowest BCUT2D eigenvalue weighted by molar-refractivity contribution is 1.34. The molecule has 0 aliphatic heterocycles. The van der Waals surface area contributed by atoms with Gasteiger partial charge in [0, 0.05) is 0 Å². The largest absolute Gasteiger partial charge is 0.345 e. The van der Waals surface area contributed by atoms with Gasteiger partial charge < -0.3 is 9.97 Å². The van der Waals surface area contributed by atoms with Crippen molar-refractivity contribution in [1.29, 1.82) is 0 Å². The SMILES string of the molecule is I.c1ccc2[nH]cnc2c1.c1ccc2[nH]cnc2c1. The van der Waals surface area contributed by atoms with Crippen molar-refractivity contribution in [2.24, 2.45) is 0 Å². The van der Waals surface area contributed by atoms with E-state index in [1.165, 1.54) is 0 Å². The molecule has 0 bridgehead atoms. The smallest absolute Gasteiger partial charge is 0.0931 e. The number of hydrogen-bond acceptors (Lipinski definition) is 2. The summed E-state index contributed by atoms with van der Waals surface area (Å²) in [5.41, 5.74) is 4.24. The minimum absolute atomic E-state index is 0. The summed E-state index contributed by atoms with van der Waals surface area (Å²) in [7, 11) is 0. The van der Waals surface area contributed by atoms with Gasteiger partial charge in [-0.1, -0.05) is 24.3 Å². The molecule has 0 aliphatic rings. The Bertz CT molecular complexity index is 633. The van der Waals surface area contributed by atoms with Gasteiger partial charge in [-0.2, -0.15) is 0 Å². The fourth-order valence-electron chi connectivity index (χ4n) is 1.76. The number of fused-ring (bicyclic) bond motifs is 2. The van der Waals surface area contributed by atoms with E-state index in [4.69, 9.17) is 0 Å². The van der Waals surface area contributed by atoms with Crippen LogP contribution in [0.5, 0.6) is 0 Å². The number of halogens is 1. The minimum Gasteiger partial charge on any atom is -0.345 e. The molecule has 4 aromatic rings. The zero-order chi connectivity index (χ0) is 12.2. The maximum Gasteiger partial charge on any atom is 0.0931 e. The van der Waals surface area contributed by atoms with Gasteiger partial charge in [-0.15, -0.1) is 24.0 Å². The lowest BCUT2D eigenvalue weighted by Gasteiger charge is -1.81. The number of benzene rings is 2. The summed E-state index contributed by atoms with van der Waals surface area (Å²) in [6.07, 6.45) is 3.40. The molecule has 0 radical (unpaired) electrons. The molecule has 0 unspecified atom stereocenters. The zero-order valence-corrected chi connectivity index (χ0v) is 12.4. The first-order valence-corrected chi connectivity index (χ1v) is 5.70. The second-order valence-electron chi connectivity index (χ2n) is 3.84. The molecule has 19 heavy (non-hydrogen) atoms. The molecule has 2 heterocycles. The first-order chi connectivity index (χ1) is 8.93. The van der Waals surface area contributed by atoms with Gasteiger partial charge in [-0.25, -0.2) is 9.97 Å². The van der Waals surface area contributed by atoms with Gasteiger partial charge in [0.2, 0.25) is 0 Å². The fraction of sp³-hybridized carbons (Fsp3) is 0. The molecule has 0 amide bonds. The predicted molar refractivity (Wildman–Crippen MR) is 87.6 cm³/mol. The highest BCUT2D eigenvalue weighted by molar-refractivity contribution is 14.0. The Kier molecular flexibility index (Phi) is 4.51. The van der Waals surface area contributed by atoms with Crippen LogP contribution < -0.4 is 0 Å². The van der Waals surface area contributed by atoms with E-state index in [1.807, 2.05) is 48.5 Å². The predicted octanol–water partition coefficient (Wildman–Crippen LogP) is 3.74. The van der Waals surface area contributed by atoms with Crippen LogP contribution in [0.25, 0.3) is 22.1 Å². The third kappa shape index (κ3) is 3.11. The summed E-state index contributed by atoms with van der Waals surface area (Å²) in [5.74, 6) is 0. The lowest BCUT2D eigenvalue weighted by Crippen LogP contribution is -1.63. The molecule has 0 atom stereocenters. The van der Waals surface area contributed by atoms with Gasteiger partial charge in [0.25, 0.3) is 0 Å². The number of nitrogens with zero attached hydrogens (tertiary/aromatic N) is 2. The van der Waals surface area contributed by atoms with E-state index in [9.17, 15) is 0 Å². The molecular formula is C14H13IN4. The Labute approximate surface area is 127 Å². The summed E-state index contributed by atoms with van der Waals surface area (Å²) in [6.45, 7) is 0. The van der Waals surface area contributed by atoms with Gasteiger partial charge in [-0.05, 0) is 24.3 Å². The van der Waals surface area contributed by atoms with Crippen molar-refractivity contribution in [2.75, 3.05) is 0 Å². The number of hydrogen-bond donors (Lipinski definition) is 2. The van der Waals surface area contributed by atoms with Crippen LogP contribution >= 0.6 is 24.0 Å². The molecule has 0 fully saturated rings.